The third kappa shape index (κ3) is 5.37. The number of benzene rings is 2. The van der Waals surface area contributed by atoms with E-state index in [2.05, 4.69) is 27.0 Å². The number of ketones is 1. The predicted octanol–water partition coefficient (Wildman–Crippen LogP) is 5.87. The Labute approximate surface area is 217 Å². The van der Waals surface area contributed by atoms with Crippen molar-refractivity contribution in [1.82, 2.24) is 14.9 Å². The number of hydrogen-bond donors (Lipinski definition) is 0. The highest BCUT2D eigenvalue weighted by molar-refractivity contribution is 5.94. The van der Waals surface area contributed by atoms with Crippen LogP contribution in [0.3, 0.4) is 0 Å². The molecule has 0 spiro atoms. The van der Waals surface area contributed by atoms with Gasteiger partial charge in [-0.2, -0.15) is 0 Å². The number of fused-ring (bicyclic) bond motifs is 1. The van der Waals surface area contributed by atoms with Crippen molar-refractivity contribution in [2.75, 3.05) is 20.3 Å². The van der Waals surface area contributed by atoms with Gasteiger partial charge in [0.15, 0.2) is 5.78 Å². The van der Waals surface area contributed by atoms with E-state index in [1.165, 1.54) is 12.1 Å². The molecule has 1 saturated carbocycles. The molecule has 2 aromatic carbocycles. The van der Waals surface area contributed by atoms with Gasteiger partial charge >= 0.3 is 0 Å². The van der Waals surface area contributed by atoms with E-state index in [1.807, 2.05) is 13.8 Å². The summed E-state index contributed by atoms with van der Waals surface area (Å²) in [6.45, 7) is 6.16. The minimum Gasteiger partial charge on any atom is -0.496 e. The Morgan fingerprint density at radius 2 is 1.86 bits per heavy atom. The van der Waals surface area contributed by atoms with E-state index in [0.29, 0.717) is 36.6 Å². The molecule has 1 aliphatic heterocycles. The molecule has 194 valence electrons. The number of carbonyl (C=O) groups is 1. The minimum atomic E-state index is -0.274. The molecule has 6 nitrogen and oxygen atoms in total. The molecule has 0 bridgehead atoms. The van der Waals surface area contributed by atoms with E-state index in [-0.39, 0.29) is 11.6 Å². The first-order valence-electron chi connectivity index (χ1n) is 13.1. The summed E-state index contributed by atoms with van der Waals surface area (Å²) < 4.78 is 25.3. The number of carbonyl (C=O) groups excluding carboxylic acids is 1. The number of rotatable bonds is 9. The molecule has 0 N–H and O–H groups in total. The topological polar surface area (TPSA) is 64.5 Å². The number of halogens is 1. The quantitative estimate of drug-likeness (QED) is 0.340. The molecule has 2 aliphatic rings. The highest BCUT2D eigenvalue weighted by Gasteiger charge is 2.44. The van der Waals surface area contributed by atoms with E-state index in [0.717, 1.165) is 66.2 Å². The average Bonchev–Trinajstić information content (AvgIpc) is 3.48. The lowest BCUT2D eigenvalue weighted by Gasteiger charge is -2.25. The van der Waals surface area contributed by atoms with E-state index in [1.54, 1.807) is 31.6 Å². The summed E-state index contributed by atoms with van der Waals surface area (Å²) in [5, 5.41) is 0. The van der Waals surface area contributed by atoms with Crippen LogP contribution >= 0.6 is 0 Å². The molecule has 0 amide bonds. The van der Waals surface area contributed by atoms with Crippen LogP contribution in [0.4, 0.5) is 4.39 Å². The summed E-state index contributed by atoms with van der Waals surface area (Å²) >= 11 is 0. The summed E-state index contributed by atoms with van der Waals surface area (Å²) in [6, 6.07) is 11.0. The number of aromatic nitrogens is 2. The van der Waals surface area contributed by atoms with Crippen molar-refractivity contribution >= 4 is 5.78 Å². The molecular formula is C30H34FN3O3. The molecule has 7 heteroatoms. The van der Waals surface area contributed by atoms with Crippen molar-refractivity contribution in [3.8, 4) is 22.6 Å². The van der Waals surface area contributed by atoms with E-state index >= 15 is 0 Å². The van der Waals surface area contributed by atoms with Gasteiger partial charge in [-0.15, -0.1) is 0 Å². The van der Waals surface area contributed by atoms with E-state index < -0.39 is 0 Å². The van der Waals surface area contributed by atoms with Gasteiger partial charge in [-0.1, -0.05) is 12.1 Å². The van der Waals surface area contributed by atoms with Crippen LogP contribution in [0.1, 0.15) is 54.4 Å². The first-order chi connectivity index (χ1) is 18.0. The third-order valence-corrected chi connectivity index (χ3v) is 7.83. The van der Waals surface area contributed by atoms with Crippen molar-refractivity contribution < 1.29 is 18.7 Å². The second-order valence-electron chi connectivity index (χ2n) is 10.1. The minimum absolute atomic E-state index is 0.0964. The lowest BCUT2D eigenvalue weighted by atomic mass is 9.88. The molecule has 1 aliphatic carbocycles. The zero-order chi connectivity index (χ0) is 25.9. The van der Waals surface area contributed by atoms with Crippen LogP contribution in [0, 0.1) is 24.6 Å². The molecule has 0 radical (unpaired) electrons. The largest absolute Gasteiger partial charge is 0.496 e. The number of likely N-dealkylation sites (tertiary alicyclic amines) is 1. The molecule has 3 atom stereocenters. The molecule has 2 heterocycles. The van der Waals surface area contributed by atoms with Crippen LogP contribution in [-0.4, -0.2) is 47.0 Å². The van der Waals surface area contributed by atoms with Crippen molar-refractivity contribution in [2.24, 2.45) is 11.8 Å². The second-order valence-corrected chi connectivity index (χ2v) is 10.1. The third-order valence-electron chi connectivity index (χ3n) is 7.83. The second kappa shape index (κ2) is 11.0. The first-order valence-corrected chi connectivity index (χ1v) is 13.1. The Balaban J connectivity index is 1.31. The summed E-state index contributed by atoms with van der Waals surface area (Å²) in [5.74, 6) is 2.20. The van der Waals surface area contributed by atoms with Gasteiger partial charge in [0.1, 0.15) is 23.0 Å². The van der Waals surface area contributed by atoms with Crippen LogP contribution < -0.4 is 9.47 Å². The fourth-order valence-corrected chi connectivity index (χ4v) is 6.12. The van der Waals surface area contributed by atoms with Crippen molar-refractivity contribution in [2.45, 2.75) is 52.1 Å². The predicted molar refractivity (Wildman–Crippen MR) is 140 cm³/mol. The molecule has 1 unspecified atom stereocenters. The highest BCUT2D eigenvalue weighted by atomic mass is 19.1. The Morgan fingerprint density at radius 1 is 1.08 bits per heavy atom. The summed E-state index contributed by atoms with van der Waals surface area (Å²) in [7, 11) is 1.66. The average molecular weight is 504 g/mol. The summed E-state index contributed by atoms with van der Waals surface area (Å²) in [6.07, 6.45) is 7.07. The smallest absolute Gasteiger partial charge is 0.183 e. The molecule has 5 rings (SSSR count). The van der Waals surface area contributed by atoms with Crippen LogP contribution in [0.5, 0.6) is 11.5 Å². The van der Waals surface area contributed by atoms with Gasteiger partial charge in [0.2, 0.25) is 0 Å². The maximum Gasteiger partial charge on any atom is 0.183 e. The lowest BCUT2D eigenvalue weighted by molar-refractivity contribution is 0.0943. The molecule has 3 aromatic rings. The monoisotopic (exact) mass is 503 g/mol. The number of methoxy groups -OCH3 is 1. The van der Waals surface area contributed by atoms with Gasteiger partial charge in [0, 0.05) is 25.2 Å². The van der Waals surface area contributed by atoms with E-state index in [4.69, 9.17) is 9.47 Å². The SMILES string of the molecule is CCOc1cc(CN2CC[C@H]3C(CC(=O)c4cnc(C)cn4)CC[C@H]32)cc(OC)c1-c1ccc(F)cc1. The fraction of sp³-hybridized carbons (Fsp3) is 0.433. The molecular weight excluding hydrogens is 469 g/mol. The Bertz CT molecular complexity index is 1250. The number of Topliss-reactive ketones (excluding diaryl/α,β-unsaturated/α-hetero) is 1. The van der Waals surface area contributed by atoms with Crippen LogP contribution in [-0.2, 0) is 6.54 Å². The zero-order valence-electron chi connectivity index (χ0n) is 21.7. The first kappa shape index (κ1) is 25.3. The maximum atomic E-state index is 13.5. The number of nitrogens with zero attached hydrogens (tertiary/aromatic N) is 3. The van der Waals surface area contributed by atoms with Gasteiger partial charge < -0.3 is 9.47 Å². The summed E-state index contributed by atoms with van der Waals surface area (Å²) in [5.41, 5.74) is 4.11. The summed E-state index contributed by atoms with van der Waals surface area (Å²) in [4.78, 5) is 23.9. The van der Waals surface area contributed by atoms with Gasteiger partial charge in [-0.3, -0.25) is 14.7 Å². The maximum absolute atomic E-state index is 13.5. The van der Waals surface area contributed by atoms with Gasteiger partial charge in [-0.25, -0.2) is 9.37 Å². The van der Waals surface area contributed by atoms with E-state index in [9.17, 15) is 9.18 Å². The van der Waals surface area contributed by atoms with Crippen LogP contribution in [0.2, 0.25) is 0 Å². The zero-order valence-corrected chi connectivity index (χ0v) is 21.7. The Hall–Kier alpha value is -3.32. The number of aryl methyl sites for hydroxylation is 1. The number of ether oxygens (including phenoxy) is 2. The van der Waals surface area contributed by atoms with Crippen LogP contribution in [0.15, 0.2) is 48.8 Å². The van der Waals surface area contributed by atoms with Crippen LogP contribution in [0.25, 0.3) is 11.1 Å². The molecule has 2 fully saturated rings. The fourth-order valence-electron chi connectivity index (χ4n) is 6.12. The lowest BCUT2D eigenvalue weighted by Crippen LogP contribution is -2.30. The van der Waals surface area contributed by atoms with Crippen molar-refractivity contribution in [3.63, 3.8) is 0 Å². The Kier molecular flexibility index (Phi) is 7.51. The molecule has 37 heavy (non-hydrogen) atoms. The standard InChI is InChI=1S/C30H34FN3O3/c1-4-37-29-14-20(13-28(36-3)30(29)21-5-8-23(31)9-6-21)18-34-12-11-24-22(7-10-26(24)34)15-27(35)25-17-32-19(2)16-33-25/h5-6,8-9,13-14,16-17,22,24,26H,4,7,10-12,15,18H2,1-3H3/t22?,24-,26+/m0/s1. The van der Waals surface area contributed by atoms with Crippen molar-refractivity contribution in [3.05, 3.63) is 71.6 Å². The highest BCUT2D eigenvalue weighted by Crippen LogP contribution is 2.45. The van der Waals surface area contributed by atoms with Gasteiger partial charge in [0.25, 0.3) is 0 Å². The number of hydrogen-bond acceptors (Lipinski definition) is 6. The van der Waals surface area contributed by atoms with Gasteiger partial charge in [0.05, 0.1) is 31.2 Å². The Morgan fingerprint density at radius 3 is 2.57 bits per heavy atom. The van der Waals surface area contributed by atoms with Crippen molar-refractivity contribution in [1.29, 1.82) is 0 Å². The van der Waals surface area contributed by atoms with Gasteiger partial charge in [-0.05, 0) is 86.9 Å². The molecule has 1 saturated heterocycles. The molecule has 1 aromatic heterocycles. The normalized spacial score (nSPS) is 21.1.